The molecular weight excluding hydrogens is 220 g/mol. The highest BCUT2D eigenvalue weighted by atomic mass is 16.3. The molecule has 1 atom stereocenters. The minimum atomic E-state index is -0.110. The molecule has 6 heteroatoms. The van der Waals surface area contributed by atoms with Crippen molar-refractivity contribution < 1.29 is 9.90 Å². The minimum Gasteiger partial charge on any atom is -0.395 e. The van der Waals surface area contributed by atoms with E-state index < -0.39 is 0 Å². The van der Waals surface area contributed by atoms with Gasteiger partial charge in [0, 0.05) is 32.7 Å². The van der Waals surface area contributed by atoms with Gasteiger partial charge in [0.05, 0.1) is 12.6 Å². The predicted molar refractivity (Wildman–Crippen MR) is 66.1 cm³/mol. The molecule has 1 amide bonds. The first-order valence-corrected chi connectivity index (χ1v) is 6.30. The van der Waals surface area contributed by atoms with Crippen molar-refractivity contribution in [3.8, 4) is 0 Å². The van der Waals surface area contributed by atoms with E-state index in [1.807, 2.05) is 0 Å². The second-order valence-corrected chi connectivity index (χ2v) is 4.41. The lowest BCUT2D eigenvalue weighted by Gasteiger charge is -2.38. The Kier molecular flexibility index (Phi) is 6.43. The molecule has 0 aromatic heterocycles. The standard InChI is InChI=1S/C11H24N4O2/c1-2-3-10(11(17)13-12)15-6-4-14(5-7-15)8-9-16/h10,16H,2-9,12H2,1H3,(H,13,17). The van der Waals surface area contributed by atoms with Gasteiger partial charge in [0.1, 0.15) is 0 Å². The molecule has 1 aliphatic rings. The Bertz CT molecular complexity index is 230. The first-order valence-electron chi connectivity index (χ1n) is 6.30. The van der Waals surface area contributed by atoms with Crippen LogP contribution in [0.4, 0.5) is 0 Å². The van der Waals surface area contributed by atoms with Crippen LogP contribution in [0.15, 0.2) is 0 Å². The molecule has 4 N–H and O–H groups in total. The second kappa shape index (κ2) is 7.60. The number of amides is 1. The van der Waals surface area contributed by atoms with Gasteiger partial charge in [-0.3, -0.25) is 20.0 Å². The number of carbonyl (C=O) groups is 1. The van der Waals surface area contributed by atoms with E-state index in [9.17, 15) is 4.79 Å². The zero-order valence-electron chi connectivity index (χ0n) is 10.6. The van der Waals surface area contributed by atoms with Crippen molar-refractivity contribution in [1.82, 2.24) is 15.2 Å². The number of hydrogen-bond donors (Lipinski definition) is 3. The maximum Gasteiger partial charge on any atom is 0.251 e. The number of nitrogens with two attached hydrogens (primary N) is 1. The number of piperazine rings is 1. The monoisotopic (exact) mass is 244 g/mol. The van der Waals surface area contributed by atoms with Crippen molar-refractivity contribution in [1.29, 1.82) is 0 Å². The van der Waals surface area contributed by atoms with E-state index in [-0.39, 0.29) is 18.6 Å². The molecule has 0 radical (unpaired) electrons. The molecule has 1 saturated heterocycles. The summed E-state index contributed by atoms with van der Waals surface area (Å²) in [6, 6.07) is -0.110. The fraction of sp³-hybridized carbons (Fsp3) is 0.909. The van der Waals surface area contributed by atoms with E-state index >= 15 is 0 Å². The number of rotatable bonds is 6. The number of β-amino-alcohol motifs (C(OH)–C–C–N with tert-alkyl or cyclic N) is 1. The number of carbonyl (C=O) groups excluding carboxylic acids is 1. The molecule has 100 valence electrons. The molecule has 0 aromatic rings. The summed E-state index contributed by atoms with van der Waals surface area (Å²) in [5, 5.41) is 8.87. The SMILES string of the molecule is CCCC(C(=O)NN)N1CCN(CCO)CC1. The summed E-state index contributed by atoms with van der Waals surface area (Å²) in [7, 11) is 0. The van der Waals surface area contributed by atoms with Crippen LogP contribution < -0.4 is 11.3 Å². The Morgan fingerprint density at radius 1 is 1.41 bits per heavy atom. The van der Waals surface area contributed by atoms with Gasteiger partial charge in [-0.05, 0) is 6.42 Å². The number of aliphatic hydroxyl groups excluding tert-OH is 1. The van der Waals surface area contributed by atoms with Crippen molar-refractivity contribution in [2.24, 2.45) is 5.84 Å². The molecule has 0 aliphatic carbocycles. The van der Waals surface area contributed by atoms with Gasteiger partial charge in [-0.25, -0.2) is 5.84 Å². The second-order valence-electron chi connectivity index (χ2n) is 4.41. The van der Waals surface area contributed by atoms with E-state index in [0.29, 0.717) is 0 Å². The average Bonchev–Trinajstić information content (AvgIpc) is 2.37. The molecule has 1 rings (SSSR count). The smallest absolute Gasteiger partial charge is 0.251 e. The third-order valence-electron chi connectivity index (χ3n) is 3.27. The van der Waals surface area contributed by atoms with Crippen LogP contribution in [0.5, 0.6) is 0 Å². The molecule has 0 spiro atoms. The number of nitrogens with one attached hydrogen (secondary N) is 1. The van der Waals surface area contributed by atoms with Crippen LogP contribution in [0.3, 0.4) is 0 Å². The first-order chi connectivity index (χ1) is 8.22. The highest BCUT2D eigenvalue weighted by Gasteiger charge is 2.27. The lowest BCUT2D eigenvalue weighted by molar-refractivity contribution is -0.127. The Balaban J connectivity index is 2.45. The number of aliphatic hydroxyl groups is 1. The Morgan fingerprint density at radius 3 is 2.53 bits per heavy atom. The summed E-state index contributed by atoms with van der Waals surface area (Å²) in [6.45, 7) is 6.50. The van der Waals surface area contributed by atoms with Gasteiger partial charge in [-0.1, -0.05) is 13.3 Å². The van der Waals surface area contributed by atoms with Crippen molar-refractivity contribution >= 4 is 5.91 Å². The first kappa shape index (κ1) is 14.4. The third-order valence-corrected chi connectivity index (χ3v) is 3.27. The average molecular weight is 244 g/mol. The number of nitrogens with zero attached hydrogens (tertiary/aromatic N) is 2. The molecule has 6 nitrogen and oxygen atoms in total. The summed E-state index contributed by atoms with van der Waals surface area (Å²) in [5.41, 5.74) is 2.25. The van der Waals surface area contributed by atoms with E-state index in [2.05, 4.69) is 22.1 Å². The maximum atomic E-state index is 11.7. The molecule has 1 unspecified atom stereocenters. The van der Waals surface area contributed by atoms with Gasteiger partial charge in [0.15, 0.2) is 0 Å². The van der Waals surface area contributed by atoms with Crippen LogP contribution in [0, 0.1) is 0 Å². The van der Waals surface area contributed by atoms with Gasteiger partial charge in [-0.15, -0.1) is 0 Å². The van der Waals surface area contributed by atoms with Gasteiger partial charge in [0.2, 0.25) is 0 Å². The lowest BCUT2D eigenvalue weighted by atomic mass is 10.1. The van der Waals surface area contributed by atoms with Crippen molar-refractivity contribution in [2.45, 2.75) is 25.8 Å². The van der Waals surface area contributed by atoms with Crippen LogP contribution in [0.25, 0.3) is 0 Å². The van der Waals surface area contributed by atoms with Crippen LogP contribution >= 0.6 is 0 Å². The van der Waals surface area contributed by atoms with Crippen molar-refractivity contribution in [3.05, 3.63) is 0 Å². The zero-order valence-corrected chi connectivity index (χ0v) is 10.6. The Hall–Kier alpha value is -0.690. The summed E-state index contributed by atoms with van der Waals surface area (Å²) in [4.78, 5) is 16.1. The molecule has 1 aliphatic heterocycles. The van der Waals surface area contributed by atoms with Gasteiger partial charge in [0.25, 0.3) is 5.91 Å². The van der Waals surface area contributed by atoms with E-state index in [1.165, 1.54) is 0 Å². The Morgan fingerprint density at radius 2 is 2.06 bits per heavy atom. The van der Waals surface area contributed by atoms with Gasteiger partial charge in [-0.2, -0.15) is 0 Å². The zero-order chi connectivity index (χ0) is 12.7. The summed E-state index contributed by atoms with van der Waals surface area (Å²) in [5.74, 6) is 5.12. The number of hydrogen-bond acceptors (Lipinski definition) is 5. The normalized spacial score (nSPS) is 20.2. The van der Waals surface area contributed by atoms with Crippen LogP contribution in [0.2, 0.25) is 0 Å². The summed E-state index contributed by atoms with van der Waals surface area (Å²) >= 11 is 0. The molecule has 0 aromatic carbocycles. The highest BCUT2D eigenvalue weighted by molar-refractivity contribution is 5.81. The molecule has 17 heavy (non-hydrogen) atoms. The largest absolute Gasteiger partial charge is 0.395 e. The topological polar surface area (TPSA) is 81.8 Å². The number of hydrazine groups is 1. The Labute approximate surface area is 103 Å². The minimum absolute atomic E-state index is 0.0949. The van der Waals surface area contributed by atoms with Crippen molar-refractivity contribution in [2.75, 3.05) is 39.3 Å². The quantitative estimate of drug-likeness (QED) is 0.309. The van der Waals surface area contributed by atoms with Crippen LogP contribution in [0.1, 0.15) is 19.8 Å². The van der Waals surface area contributed by atoms with E-state index in [4.69, 9.17) is 10.9 Å². The molecule has 0 bridgehead atoms. The molecular formula is C11H24N4O2. The predicted octanol–water partition coefficient (Wildman–Crippen LogP) is -1.25. The molecule has 0 saturated carbocycles. The summed E-state index contributed by atoms with van der Waals surface area (Å²) < 4.78 is 0. The van der Waals surface area contributed by atoms with Gasteiger partial charge < -0.3 is 5.11 Å². The van der Waals surface area contributed by atoms with E-state index in [1.54, 1.807) is 0 Å². The fourth-order valence-electron chi connectivity index (χ4n) is 2.29. The van der Waals surface area contributed by atoms with Crippen LogP contribution in [-0.4, -0.2) is 66.2 Å². The third kappa shape index (κ3) is 4.23. The molecule has 1 fully saturated rings. The fourth-order valence-corrected chi connectivity index (χ4v) is 2.29. The van der Waals surface area contributed by atoms with E-state index in [0.717, 1.165) is 45.6 Å². The molecule has 1 heterocycles. The highest BCUT2D eigenvalue weighted by Crippen LogP contribution is 2.11. The maximum absolute atomic E-state index is 11.7. The van der Waals surface area contributed by atoms with Gasteiger partial charge >= 0.3 is 0 Å². The lowest BCUT2D eigenvalue weighted by Crippen LogP contribution is -2.56. The van der Waals surface area contributed by atoms with Crippen molar-refractivity contribution in [3.63, 3.8) is 0 Å². The summed E-state index contributed by atoms with van der Waals surface area (Å²) in [6.07, 6.45) is 1.80. The van der Waals surface area contributed by atoms with Crippen LogP contribution in [-0.2, 0) is 4.79 Å².